The second kappa shape index (κ2) is 10.8. The van der Waals surface area contributed by atoms with E-state index < -0.39 is 23.5 Å². The van der Waals surface area contributed by atoms with Crippen molar-refractivity contribution in [2.24, 2.45) is 10.2 Å². The van der Waals surface area contributed by atoms with Crippen molar-refractivity contribution < 1.29 is 27.1 Å². The zero-order valence-corrected chi connectivity index (χ0v) is 19.8. The van der Waals surface area contributed by atoms with E-state index in [2.05, 4.69) is 30.5 Å². The molecule has 1 aliphatic rings. The number of carbonyl (C=O) groups is 1. The van der Waals surface area contributed by atoms with Crippen molar-refractivity contribution in [1.29, 1.82) is 0 Å². The van der Waals surface area contributed by atoms with Gasteiger partial charge in [0.2, 0.25) is 0 Å². The number of benzene rings is 1. The summed E-state index contributed by atoms with van der Waals surface area (Å²) in [5, 5.41) is 10.1. The van der Waals surface area contributed by atoms with E-state index in [1.165, 1.54) is 18.3 Å². The second-order valence-electron chi connectivity index (χ2n) is 8.16. The van der Waals surface area contributed by atoms with E-state index in [0.29, 0.717) is 37.7 Å². The van der Waals surface area contributed by atoms with Crippen molar-refractivity contribution in [2.75, 3.05) is 55.5 Å². The van der Waals surface area contributed by atoms with Gasteiger partial charge in [-0.3, -0.25) is 4.79 Å². The number of carbonyl (C=O) groups excluding carboxylic acids is 1. The maximum absolute atomic E-state index is 14.1. The third-order valence-electron chi connectivity index (χ3n) is 5.29. The molecule has 1 amide bonds. The lowest BCUT2D eigenvalue weighted by Crippen LogP contribution is -2.37. The minimum atomic E-state index is -4.51. The van der Waals surface area contributed by atoms with E-state index in [0.717, 1.165) is 18.3 Å². The average Bonchev–Trinajstić information content (AvgIpc) is 2.88. The summed E-state index contributed by atoms with van der Waals surface area (Å²) < 4.78 is 59.2. The molecule has 37 heavy (non-hydrogen) atoms. The number of alkyl halides is 3. The van der Waals surface area contributed by atoms with Crippen LogP contribution in [0.15, 0.2) is 53.0 Å². The summed E-state index contributed by atoms with van der Waals surface area (Å²) in [6, 6.07) is 6.39. The maximum atomic E-state index is 14.1. The quantitative estimate of drug-likeness (QED) is 0.373. The van der Waals surface area contributed by atoms with Gasteiger partial charge in [0.15, 0.2) is 11.6 Å². The van der Waals surface area contributed by atoms with Gasteiger partial charge < -0.3 is 19.9 Å². The molecular formula is C23H22F4N8O2. The molecule has 0 saturated carbocycles. The van der Waals surface area contributed by atoms with Gasteiger partial charge in [0, 0.05) is 38.6 Å². The summed E-state index contributed by atoms with van der Waals surface area (Å²) in [4.78, 5) is 27.4. The molecule has 0 atom stereocenters. The zero-order chi connectivity index (χ0) is 26.6. The fraction of sp³-hybridized carbons (Fsp3) is 0.304. The molecule has 0 aliphatic carbocycles. The molecule has 14 heteroatoms. The van der Waals surface area contributed by atoms with Crippen molar-refractivity contribution in [2.45, 2.75) is 6.18 Å². The molecule has 3 heterocycles. The molecule has 0 unspecified atom stereocenters. The highest BCUT2D eigenvalue weighted by Gasteiger charge is 2.31. The molecule has 0 bridgehead atoms. The van der Waals surface area contributed by atoms with E-state index in [-0.39, 0.29) is 23.1 Å². The molecule has 1 N–H and O–H groups in total. The van der Waals surface area contributed by atoms with Crippen LogP contribution in [-0.2, 0) is 10.9 Å². The van der Waals surface area contributed by atoms with E-state index in [1.54, 1.807) is 30.0 Å². The Morgan fingerprint density at radius 2 is 1.84 bits per heavy atom. The fourth-order valence-corrected chi connectivity index (χ4v) is 3.40. The first kappa shape index (κ1) is 25.9. The Labute approximate surface area is 209 Å². The molecule has 1 saturated heterocycles. The topological polar surface area (TPSA) is 108 Å². The molecule has 0 radical (unpaired) electrons. The summed E-state index contributed by atoms with van der Waals surface area (Å²) in [5.41, 5.74) is 0.0411. The lowest BCUT2D eigenvalue weighted by atomic mass is 10.1. The number of morpholine rings is 1. The molecule has 3 aromatic rings. The normalized spacial score (nSPS) is 14.2. The number of pyridine rings is 1. The number of nitrogens with one attached hydrogen (secondary N) is 1. The molecule has 1 fully saturated rings. The highest BCUT2D eigenvalue weighted by atomic mass is 19.4. The summed E-state index contributed by atoms with van der Waals surface area (Å²) in [5.74, 6) is -1.59. The Morgan fingerprint density at radius 1 is 1.08 bits per heavy atom. The van der Waals surface area contributed by atoms with Gasteiger partial charge in [-0.05, 0) is 30.3 Å². The first-order valence-electron chi connectivity index (χ1n) is 11.0. The van der Waals surface area contributed by atoms with Gasteiger partial charge in [-0.2, -0.15) is 18.2 Å². The van der Waals surface area contributed by atoms with Crippen molar-refractivity contribution in [3.63, 3.8) is 0 Å². The van der Waals surface area contributed by atoms with Crippen molar-refractivity contribution in [3.05, 3.63) is 59.8 Å². The number of halogens is 4. The zero-order valence-electron chi connectivity index (χ0n) is 19.8. The van der Waals surface area contributed by atoms with Gasteiger partial charge in [-0.15, -0.1) is 10.2 Å². The lowest BCUT2D eigenvalue weighted by molar-refractivity contribution is -0.137. The molecule has 194 valence electrons. The van der Waals surface area contributed by atoms with Gasteiger partial charge in [-0.25, -0.2) is 14.4 Å². The molecule has 4 rings (SSSR count). The molecule has 10 nitrogen and oxygen atoms in total. The van der Waals surface area contributed by atoms with Crippen LogP contribution in [0.4, 0.5) is 46.4 Å². The number of anilines is 4. The third-order valence-corrected chi connectivity index (χ3v) is 5.29. The Morgan fingerprint density at radius 3 is 2.49 bits per heavy atom. The Hall–Kier alpha value is -4.20. The van der Waals surface area contributed by atoms with Crippen LogP contribution >= 0.6 is 0 Å². The number of aromatic nitrogens is 3. The number of amides is 1. The van der Waals surface area contributed by atoms with Gasteiger partial charge in [0.1, 0.15) is 5.69 Å². The number of hydrogen-bond acceptors (Lipinski definition) is 9. The first-order valence-corrected chi connectivity index (χ1v) is 11.0. The molecule has 2 aromatic heterocycles. The van der Waals surface area contributed by atoms with Gasteiger partial charge >= 0.3 is 12.1 Å². The third kappa shape index (κ3) is 6.52. The first-order chi connectivity index (χ1) is 17.6. The summed E-state index contributed by atoms with van der Waals surface area (Å²) in [6.45, 7) is 1.76. The average molecular weight is 518 g/mol. The van der Waals surface area contributed by atoms with Gasteiger partial charge in [-0.1, -0.05) is 0 Å². The lowest BCUT2D eigenvalue weighted by Gasteiger charge is -2.27. The minimum absolute atomic E-state index is 0.0419. The van der Waals surface area contributed by atoms with Crippen LogP contribution in [0.2, 0.25) is 0 Å². The van der Waals surface area contributed by atoms with E-state index in [4.69, 9.17) is 4.74 Å². The highest BCUT2D eigenvalue weighted by Crippen LogP contribution is 2.35. The van der Waals surface area contributed by atoms with E-state index in [9.17, 15) is 22.4 Å². The van der Waals surface area contributed by atoms with Crippen molar-refractivity contribution in [1.82, 2.24) is 15.0 Å². The van der Waals surface area contributed by atoms with Crippen LogP contribution in [0.25, 0.3) is 0 Å². The summed E-state index contributed by atoms with van der Waals surface area (Å²) in [7, 11) is 3.27. The molecular weight excluding hydrogens is 496 g/mol. The Balaban J connectivity index is 1.46. The smallest absolute Gasteiger partial charge is 0.378 e. The number of rotatable bonds is 6. The van der Waals surface area contributed by atoms with Crippen molar-refractivity contribution in [3.8, 4) is 0 Å². The number of nitrogens with zero attached hydrogens (tertiary/aromatic N) is 7. The van der Waals surface area contributed by atoms with Crippen molar-refractivity contribution >= 4 is 34.7 Å². The summed E-state index contributed by atoms with van der Waals surface area (Å²) in [6.07, 6.45) is -2.28. The predicted octanol–water partition coefficient (Wildman–Crippen LogP) is 4.60. The summed E-state index contributed by atoms with van der Waals surface area (Å²) >= 11 is 0. The second-order valence-corrected chi connectivity index (χ2v) is 8.16. The maximum Gasteiger partial charge on any atom is 0.416 e. The number of azo groups is 1. The SMILES string of the molecule is CN(C)c1cc(Nc2ccc(C(=O)/N=N/c3ncc(F)c(N4CCOCC4)n3)nc2)cc(C(F)(F)F)c1. The van der Waals surface area contributed by atoms with E-state index >= 15 is 0 Å². The van der Waals surface area contributed by atoms with Crippen LogP contribution in [0.1, 0.15) is 16.1 Å². The molecule has 0 spiro atoms. The Bertz CT molecular complexity index is 1290. The van der Waals surface area contributed by atoms with Crippen LogP contribution in [0.5, 0.6) is 0 Å². The highest BCUT2D eigenvalue weighted by molar-refractivity contribution is 5.93. The molecule has 1 aliphatic heterocycles. The monoisotopic (exact) mass is 518 g/mol. The van der Waals surface area contributed by atoms with Crippen LogP contribution in [0, 0.1) is 5.82 Å². The minimum Gasteiger partial charge on any atom is -0.378 e. The number of ether oxygens (including phenoxy) is 1. The van der Waals surface area contributed by atoms with Gasteiger partial charge in [0.05, 0.1) is 36.9 Å². The van der Waals surface area contributed by atoms with Gasteiger partial charge in [0.25, 0.3) is 5.95 Å². The van der Waals surface area contributed by atoms with E-state index in [1.807, 2.05) is 0 Å². The standard InChI is InChI=1S/C23H22F4N8O2/c1-34(2)17-10-14(23(25,26)27)9-16(11-17)30-15-3-4-19(28-12-15)21(36)32-33-22-29-13-18(24)20(31-22)35-5-7-37-8-6-35/h3-4,9-13,30H,5-8H2,1-2H3/b33-32+. The van der Waals surface area contributed by atoms with Crippen LogP contribution in [0.3, 0.4) is 0 Å². The predicted molar refractivity (Wildman–Crippen MR) is 127 cm³/mol. The fourth-order valence-electron chi connectivity index (χ4n) is 3.40. The van der Waals surface area contributed by atoms with Crippen LogP contribution < -0.4 is 15.1 Å². The molecule has 1 aromatic carbocycles. The van der Waals surface area contributed by atoms with Crippen LogP contribution in [-0.4, -0.2) is 61.3 Å². The Kier molecular flexibility index (Phi) is 7.57. The number of hydrogen-bond donors (Lipinski definition) is 1. The largest absolute Gasteiger partial charge is 0.416 e.